The first-order chi connectivity index (χ1) is 20.0. The summed E-state index contributed by atoms with van der Waals surface area (Å²) >= 11 is 0. The summed E-state index contributed by atoms with van der Waals surface area (Å²) in [6.45, 7) is 9.66. The van der Waals surface area contributed by atoms with Crippen LogP contribution in [0.4, 0.5) is 4.79 Å². The van der Waals surface area contributed by atoms with Crippen molar-refractivity contribution in [3.63, 3.8) is 0 Å². The molecule has 2 aromatic rings. The maximum atomic E-state index is 12.6. The first-order valence-electron chi connectivity index (χ1n) is 14.3. The quantitative estimate of drug-likeness (QED) is 0.150. The summed E-state index contributed by atoms with van der Waals surface area (Å²) in [6, 6.07) is 12.5. The first-order valence-corrected chi connectivity index (χ1v) is 14.3. The summed E-state index contributed by atoms with van der Waals surface area (Å²) in [6.07, 6.45) is 0.731. The van der Waals surface area contributed by atoms with Crippen molar-refractivity contribution in [2.45, 2.75) is 78.9 Å². The van der Waals surface area contributed by atoms with E-state index in [0.717, 1.165) is 12.8 Å². The molecule has 0 aliphatic rings. The second kappa shape index (κ2) is 17.8. The van der Waals surface area contributed by atoms with Crippen molar-refractivity contribution in [2.75, 3.05) is 13.7 Å². The van der Waals surface area contributed by atoms with Crippen LogP contribution in [0.25, 0.3) is 0 Å². The van der Waals surface area contributed by atoms with E-state index in [2.05, 4.69) is 5.32 Å². The van der Waals surface area contributed by atoms with Crippen LogP contribution in [0.1, 0.15) is 65.9 Å². The zero-order valence-corrected chi connectivity index (χ0v) is 25.3. The third-order valence-electron chi connectivity index (χ3n) is 6.70. The van der Waals surface area contributed by atoms with Crippen LogP contribution in [-0.4, -0.2) is 49.9 Å². The Kier molecular flexibility index (Phi) is 14.5. The molecule has 10 nitrogen and oxygen atoms in total. The predicted molar refractivity (Wildman–Crippen MR) is 156 cm³/mol. The van der Waals surface area contributed by atoms with Gasteiger partial charge in [-0.2, -0.15) is 0 Å². The van der Waals surface area contributed by atoms with Crippen LogP contribution in [0.2, 0.25) is 0 Å². The molecule has 3 unspecified atom stereocenters. The summed E-state index contributed by atoms with van der Waals surface area (Å²) in [7, 11) is 1.27. The van der Waals surface area contributed by atoms with Crippen LogP contribution in [0.5, 0.6) is 17.2 Å². The minimum absolute atomic E-state index is 0.0993. The van der Waals surface area contributed by atoms with E-state index in [0.29, 0.717) is 11.3 Å². The van der Waals surface area contributed by atoms with E-state index in [1.807, 2.05) is 27.7 Å². The zero-order chi connectivity index (χ0) is 31.1. The molecule has 10 heteroatoms. The monoisotopic (exact) mass is 585 g/mol. The molecular formula is C32H43NO9. The minimum atomic E-state index is -0.868. The van der Waals surface area contributed by atoms with Crippen LogP contribution in [0.3, 0.4) is 0 Å². The highest BCUT2D eigenvalue weighted by molar-refractivity contribution is 5.77. The number of nitrogens with one attached hydrogen (secondary N) is 1. The number of hydrogen-bond donors (Lipinski definition) is 1. The highest BCUT2D eigenvalue weighted by atomic mass is 16.7. The van der Waals surface area contributed by atoms with Crippen LogP contribution in [0, 0.1) is 11.8 Å². The largest absolute Gasteiger partial charge is 0.514 e. The Labute approximate surface area is 248 Å². The van der Waals surface area contributed by atoms with Gasteiger partial charge in [0.2, 0.25) is 0 Å². The third-order valence-corrected chi connectivity index (χ3v) is 6.70. The Morgan fingerprint density at radius 2 is 1.38 bits per heavy atom. The lowest BCUT2D eigenvalue weighted by molar-refractivity contribution is -0.143. The molecule has 4 atom stereocenters. The van der Waals surface area contributed by atoms with Gasteiger partial charge in [-0.25, -0.2) is 4.79 Å². The fourth-order valence-electron chi connectivity index (χ4n) is 3.77. The molecule has 0 fully saturated rings. The number of ether oxygens (including phenoxy) is 5. The number of para-hydroxylation sites is 1. The minimum Gasteiger partial charge on any atom is -0.468 e. The van der Waals surface area contributed by atoms with Crippen molar-refractivity contribution < 1.29 is 42.9 Å². The highest BCUT2D eigenvalue weighted by Crippen LogP contribution is 2.31. The number of carbonyl (C=O) groups excluding carboxylic acids is 4. The Morgan fingerprint density at radius 3 is 1.95 bits per heavy atom. The van der Waals surface area contributed by atoms with E-state index in [4.69, 9.17) is 23.7 Å². The second-order valence-corrected chi connectivity index (χ2v) is 10.4. The van der Waals surface area contributed by atoms with Crippen molar-refractivity contribution >= 4 is 24.1 Å². The maximum absolute atomic E-state index is 12.6. The van der Waals surface area contributed by atoms with Crippen LogP contribution in [0.15, 0.2) is 48.5 Å². The van der Waals surface area contributed by atoms with Gasteiger partial charge < -0.3 is 29.0 Å². The Morgan fingerprint density at radius 1 is 0.786 bits per heavy atom. The molecule has 0 aromatic heterocycles. The number of rotatable bonds is 16. The molecule has 0 aliphatic heterocycles. The van der Waals surface area contributed by atoms with Crippen molar-refractivity contribution in [2.24, 2.45) is 11.8 Å². The van der Waals surface area contributed by atoms with E-state index >= 15 is 0 Å². The Bertz CT molecular complexity index is 1170. The lowest BCUT2D eigenvalue weighted by atomic mass is 10.0. The van der Waals surface area contributed by atoms with E-state index in [1.165, 1.54) is 7.11 Å². The van der Waals surface area contributed by atoms with Crippen molar-refractivity contribution in [1.29, 1.82) is 0 Å². The Balaban J connectivity index is 2.13. The third kappa shape index (κ3) is 12.3. The average Bonchev–Trinajstić information content (AvgIpc) is 2.96. The highest BCUT2D eigenvalue weighted by Gasteiger charge is 2.23. The lowest BCUT2D eigenvalue weighted by Crippen LogP contribution is -2.43. The average molecular weight is 586 g/mol. The topological polar surface area (TPSA) is 126 Å². The van der Waals surface area contributed by atoms with Gasteiger partial charge in [-0.1, -0.05) is 64.8 Å². The Hall–Kier alpha value is -3.92. The van der Waals surface area contributed by atoms with Crippen molar-refractivity contribution in [3.8, 4) is 17.2 Å². The van der Waals surface area contributed by atoms with E-state index in [9.17, 15) is 19.2 Å². The normalized spacial score (nSPS) is 13.7. The van der Waals surface area contributed by atoms with Gasteiger partial charge in [-0.3, -0.25) is 14.4 Å². The molecule has 0 aliphatic carbocycles. The van der Waals surface area contributed by atoms with Crippen LogP contribution >= 0.6 is 0 Å². The second-order valence-electron chi connectivity index (χ2n) is 10.4. The van der Waals surface area contributed by atoms with E-state index < -0.39 is 36.2 Å². The number of carbonyl (C=O) groups is 4. The molecule has 0 saturated carbocycles. The van der Waals surface area contributed by atoms with E-state index in [1.54, 1.807) is 55.5 Å². The molecule has 0 saturated heterocycles. The fourth-order valence-corrected chi connectivity index (χ4v) is 3.77. The smallest absolute Gasteiger partial charge is 0.468 e. The SMILES string of the molecule is CCC(C)CC(=O)Oc1ccc(C[C@H](NCC(C)OC(=O)Oc2ccccc2)C(=O)OC)cc1OC(=O)CC(C)CC. The lowest BCUT2D eigenvalue weighted by Gasteiger charge is -2.20. The molecule has 0 bridgehead atoms. The first kappa shape index (κ1) is 34.3. The molecule has 0 radical (unpaired) electrons. The van der Waals surface area contributed by atoms with Gasteiger partial charge in [0.25, 0.3) is 0 Å². The summed E-state index contributed by atoms with van der Waals surface area (Å²) in [5, 5.41) is 3.06. The van der Waals surface area contributed by atoms with Crippen molar-refractivity contribution in [3.05, 3.63) is 54.1 Å². The summed E-state index contributed by atoms with van der Waals surface area (Å²) in [5.41, 5.74) is 0.628. The van der Waals surface area contributed by atoms with E-state index in [-0.39, 0.29) is 49.1 Å². The molecular weight excluding hydrogens is 542 g/mol. The van der Waals surface area contributed by atoms with Gasteiger partial charge in [-0.05, 0) is 55.0 Å². The molecule has 42 heavy (non-hydrogen) atoms. The summed E-state index contributed by atoms with van der Waals surface area (Å²) < 4.78 is 26.6. The molecule has 2 aromatic carbocycles. The van der Waals surface area contributed by atoms with Crippen LogP contribution < -0.4 is 19.5 Å². The molecule has 0 amide bonds. The number of hydrogen-bond acceptors (Lipinski definition) is 10. The zero-order valence-electron chi connectivity index (χ0n) is 25.3. The number of methoxy groups -OCH3 is 1. The van der Waals surface area contributed by atoms with Gasteiger partial charge >= 0.3 is 24.1 Å². The molecule has 1 N–H and O–H groups in total. The van der Waals surface area contributed by atoms with Gasteiger partial charge in [-0.15, -0.1) is 0 Å². The summed E-state index contributed by atoms with van der Waals surface area (Å²) in [5.74, 6) is -0.556. The van der Waals surface area contributed by atoms with Gasteiger partial charge in [0.15, 0.2) is 11.5 Å². The van der Waals surface area contributed by atoms with Gasteiger partial charge in [0.1, 0.15) is 17.9 Å². The maximum Gasteiger partial charge on any atom is 0.514 e. The summed E-state index contributed by atoms with van der Waals surface area (Å²) in [4.78, 5) is 49.8. The molecule has 0 spiro atoms. The van der Waals surface area contributed by atoms with Gasteiger partial charge in [0.05, 0.1) is 7.11 Å². The van der Waals surface area contributed by atoms with Gasteiger partial charge in [0, 0.05) is 19.4 Å². The number of esters is 3. The predicted octanol–water partition coefficient (Wildman–Crippen LogP) is 5.65. The van der Waals surface area contributed by atoms with Crippen molar-refractivity contribution in [1.82, 2.24) is 5.32 Å². The standard InChI is InChI=1S/C32H43NO9/c1-7-21(3)16-29(34)41-27-15-14-24(19-28(27)42-30(35)17-22(4)8-2)18-26(31(36)38-6)33-20-23(5)39-32(37)40-25-12-10-9-11-13-25/h9-15,19,21-23,26,33H,7-8,16-18,20H2,1-6H3/t21?,22?,23?,26-/m0/s1. The van der Waals surface area contributed by atoms with Crippen LogP contribution in [-0.2, 0) is 30.3 Å². The molecule has 0 heterocycles. The number of benzene rings is 2. The fraction of sp³-hybridized carbons (Fsp3) is 0.500. The molecule has 230 valence electrons. The molecule has 2 rings (SSSR count).